The number of thiophene rings is 1. The van der Waals surface area contributed by atoms with Gasteiger partial charge in [-0.25, -0.2) is 9.78 Å². The highest BCUT2D eigenvalue weighted by Crippen LogP contribution is 2.43. The van der Waals surface area contributed by atoms with Gasteiger partial charge in [0.25, 0.3) is 11.6 Å². The van der Waals surface area contributed by atoms with Gasteiger partial charge in [0.05, 0.1) is 38.9 Å². The number of rotatable bonds is 10. The van der Waals surface area contributed by atoms with E-state index < -0.39 is 24.7 Å². The van der Waals surface area contributed by atoms with Crippen molar-refractivity contribution in [2.45, 2.75) is 116 Å². The van der Waals surface area contributed by atoms with Crippen molar-refractivity contribution in [2.24, 2.45) is 0 Å². The molecule has 13 heteroatoms. The number of aromatic nitrogens is 2. The molecule has 0 saturated carbocycles. The molecule has 0 aliphatic carbocycles. The molecule has 4 rings (SSSR count). The van der Waals surface area contributed by atoms with Crippen molar-refractivity contribution in [1.29, 1.82) is 0 Å². The molecule has 3 heterocycles. The molecule has 2 aromatic heterocycles. The SMILES string of the molecule is CC(C)[Si](OCc1ccc2nc(NC(=O)c3cc([N+](=O)[O-])cs3)n([C@@H]3CCCCN(C(=O)OC(C)(C)C)C3)c2c1)(C(C)C)C(C)C. The molecule has 0 spiro atoms. The summed E-state index contributed by atoms with van der Waals surface area (Å²) in [5.74, 6) is -0.141. The van der Waals surface area contributed by atoms with Gasteiger partial charge in [0.1, 0.15) is 5.60 Å². The van der Waals surface area contributed by atoms with Crippen LogP contribution in [-0.2, 0) is 15.8 Å². The van der Waals surface area contributed by atoms with Gasteiger partial charge in [0.15, 0.2) is 0 Å². The van der Waals surface area contributed by atoms with Crippen LogP contribution in [0, 0.1) is 10.1 Å². The lowest BCUT2D eigenvalue weighted by Crippen LogP contribution is -2.47. The molecular weight excluding hydrogens is 623 g/mol. The maximum Gasteiger partial charge on any atom is 0.410 e. The number of nitrogens with one attached hydrogen (secondary N) is 1. The van der Waals surface area contributed by atoms with Crippen LogP contribution < -0.4 is 5.32 Å². The van der Waals surface area contributed by atoms with Gasteiger partial charge in [-0.15, -0.1) is 11.3 Å². The number of hydrogen-bond donors (Lipinski definition) is 1. The lowest BCUT2D eigenvalue weighted by molar-refractivity contribution is -0.384. The molecule has 11 nitrogen and oxygen atoms in total. The van der Waals surface area contributed by atoms with Gasteiger partial charge in [-0.3, -0.25) is 20.2 Å². The third-order valence-electron chi connectivity index (χ3n) is 8.86. The average Bonchev–Trinajstić information content (AvgIpc) is 3.50. The second-order valence-electron chi connectivity index (χ2n) is 14.2. The predicted molar refractivity (Wildman–Crippen MR) is 185 cm³/mol. The Bertz CT molecular complexity index is 1540. The number of ether oxygens (including phenoxy) is 1. The zero-order valence-corrected chi connectivity index (χ0v) is 30.4. The Balaban J connectivity index is 1.75. The molecule has 1 aliphatic heterocycles. The van der Waals surface area contributed by atoms with Crippen LogP contribution in [-0.4, -0.2) is 58.4 Å². The zero-order chi connectivity index (χ0) is 34.0. The van der Waals surface area contributed by atoms with Crippen LogP contribution >= 0.6 is 11.3 Å². The molecule has 1 fully saturated rings. The summed E-state index contributed by atoms with van der Waals surface area (Å²) >= 11 is 1.01. The van der Waals surface area contributed by atoms with Gasteiger partial charge in [0.2, 0.25) is 14.3 Å². The molecule has 1 N–H and O–H groups in total. The minimum Gasteiger partial charge on any atom is -0.444 e. The topological polar surface area (TPSA) is 129 Å². The molecule has 0 radical (unpaired) electrons. The van der Waals surface area contributed by atoms with Gasteiger partial charge < -0.3 is 18.6 Å². The second kappa shape index (κ2) is 14.2. The van der Waals surface area contributed by atoms with Crippen LogP contribution in [0.5, 0.6) is 0 Å². The lowest BCUT2D eigenvalue weighted by atomic mass is 10.1. The highest BCUT2D eigenvalue weighted by atomic mass is 32.1. The number of carbonyl (C=O) groups excluding carboxylic acids is 2. The van der Waals surface area contributed by atoms with Crippen LogP contribution in [0.25, 0.3) is 11.0 Å². The van der Waals surface area contributed by atoms with E-state index in [1.54, 1.807) is 4.90 Å². The second-order valence-corrected chi connectivity index (χ2v) is 20.6. The van der Waals surface area contributed by atoms with Crippen LogP contribution in [0.15, 0.2) is 29.6 Å². The third-order valence-corrected chi connectivity index (χ3v) is 15.8. The number of benzene rings is 1. The highest BCUT2D eigenvalue weighted by Gasteiger charge is 2.45. The fraction of sp³-hybridized carbons (Fsp3) is 0.606. The summed E-state index contributed by atoms with van der Waals surface area (Å²) < 4.78 is 14.7. The fourth-order valence-electron chi connectivity index (χ4n) is 6.92. The summed E-state index contributed by atoms with van der Waals surface area (Å²) in [5.41, 5.74) is 3.12. The first kappa shape index (κ1) is 35.6. The summed E-state index contributed by atoms with van der Waals surface area (Å²) in [7, 11) is -2.12. The van der Waals surface area contributed by atoms with Gasteiger partial charge >= 0.3 is 6.09 Å². The Hall–Kier alpha value is -3.29. The maximum atomic E-state index is 13.4. The van der Waals surface area contributed by atoms with Crippen LogP contribution in [0.3, 0.4) is 0 Å². The number of imidazole rings is 1. The summed E-state index contributed by atoms with van der Waals surface area (Å²) in [5, 5.41) is 15.5. The maximum absolute atomic E-state index is 13.4. The van der Waals surface area contributed by atoms with E-state index in [4.69, 9.17) is 14.1 Å². The van der Waals surface area contributed by atoms with E-state index in [1.165, 1.54) is 11.4 Å². The Kier molecular flexibility index (Phi) is 11.0. The quantitative estimate of drug-likeness (QED) is 0.129. The zero-order valence-electron chi connectivity index (χ0n) is 28.6. The number of anilines is 1. The Morgan fingerprint density at radius 2 is 1.78 bits per heavy atom. The normalized spacial score (nSPS) is 16.3. The summed E-state index contributed by atoms with van der Waals surface area (Å²) in [6, 6.07) is 7.12. The van der Waals surface area contributed by atoms with Gasteiger partial charge in [-0.1, -0.05) is 47.6 Å². The van der Waals surface area contributed by atoms with Crippen molar-refractivity contribution < 1.29 is 23.7 Å². The molecule has 1 aliphatic rings. The van der Waals surface area contributed by atoms with E-state index in [1.807, 2.05) is 37.5 Å². The van der Waals surface area contributed by atoms with E-state index in [9.17, 15) is 19.7 Å². The molecule has 46 heavy (non-hydrogen) atoms. The number of amides is 2. The summed E-state index contributed by atoms with van der Waals surface area (Å²) in [6.45, 7) is 20.6. The van der Waals surface area contributed by atoms with E-state index in [-0.39, 0.29) is 22.7 Å². The van der Waals surface area contributed by atoms with Crippen molar-refractivity contribution in [3.8, 4) is 0 Å². The first-order chi connectivity index (χ1) is 21.5. The number of nitrogens with zero attached hydrogens (tertiary/aromatic N) is 4. The smallest absolute Gasteiger partial charge is 0.410 e. The molecular formula is C33H49N5O6SSi. The van der Waals surface area contributed by atoms with Crippen molar-refractivity contribution in [1.82, 2.24) is 14.5 Å². The van der Waals surface area contributed by atoms with E-state index in [0.29, 0.717) is 47.8 Å². The van der Waals surface area contributed by atoms with E-state index in [0.717, 1.165) is 41.7 Å². The number of carbonyl (C=O) groups is 2. The predicted octanol–water partition coefficient (Wildman–Crippen LogP) is 8.91. The van der Waals surface area contributed by atoms with Gasteiger partial charge in [-0.2, -0.15) is 0 Å². The molecule has 2 amide bonds. The molecule has 3 aromatic rings. The molecule has 1 aromatic carbocycles. The van der Waals surface area contributed by atoms with Gasteiger partial charge in [-0.05, 0) is 74.4 Å². The molecule has 252 valence electrons. The minimum atomic E-state index is -2.12. The number of likely N-dealkylation sites (tertiary alicyclic amines) is 1. The summed E-state index contributed by atoms with van der Waals surface area (Å²) in [6.07, 6.45) is 2.10. The van der Waals surface area contributed by atoms with E-state index in [2.05, 4.69) is 52.9 Å². The van der Waals surface area contributed by atoms with Crippen molar-refractivity contribution >= 4 is 54.3 Å². The summed E-state index contributed by atoms with van der Waals surface area (Å²) in [4.78, 5) is 44.1. The number of fused-ring (bicyclic) bond motifs is 1. The molecule has 1 atom stereocenters. The minimum absolute atomic E-state index is 0.131. The average molecular weight is 672 g/mol. The molecule has 0 bridgehead atoms. The van der Waals surface area contributed by atoms with Crippen LogP contribution in [0.2, 0.25) is 16.6 Å². The fourth-order valence-corrected chi connectivity index (χ4v) is 13.1. The molecule has 1 saturated heterocycles. The Morgan fingerprint density at radius 1 is 1.11 bits per heavy atom. The Labute approximate surface area is 276 Å². The van der Waals surface area contributed by atoms with Crippen LogP contribution in [0.4, 0.5) is 16.4 Å². The number of hydrogen-bond acceptors (Lipinski definition) is 8. The van der Waals surface area contributed by atoms with Crippen LogP contribution in [0.1, 0.15) is 103 Å². The first-order valence-electron chi connectivity index (χ1n) is 16.2. The standard InChI is InChI=1S/C33H49N5O6SSi/c1-21(2)46(22(3)4,23(5)6)43-19-24-13-14-27-28(16-24)37(25-12-10-11-15-36(18-25)32(40)44-33(7,8)9)31(34-27)35-30(39)29-17-26(20-45-29)38(41)42/h13-14,16-17,20-23,25H,10-12,15,18-19H2,1-9H3,(H,34,35,39)/t25-/m1/s1. The van der Waals surface area contributed by atoms with Crippen molar-refractivity contribution in [3.63, 3.8) is 0 Å². The highest BCUT2D eigenvalue weighted by molar-refractivity contribution is 7.12. The first-order valence-corrected chi connectivity index (χ1v) is 19.2. The van der Waals surface area contributed by atoms with Gasteiger partial charge in [0, 0.05) is 19.2 Å². The number of nitro groups is 1. The Morgan fingerprint density at radius 3 is 2.37 bits per heavy atom. The molecule has 0 unspecified atom stereocenters. The lowest BCUT2D eigenvalue weighted by Gasteiger charge is -2.42. The third kappa shape index (κ3) is 7.80. The van der Waals surface area contributed by atoms with E-state index >= 15 is 0 Å². The van der Waals surface area contributed by atoms with Crippen molar-refractivity contribution in [2.75, 3.05) is 18.4 Å². The largest absolute Gasteiger partial charge is 0.444 e. The van der Waals surface area contributed by atoms with Crippen molar-refractivity contribution in [3.05, 3.63) is 50.2 Å². The monoisotopic (exact) mass is 671 g/mol.